The lowest BCUT2D eigenvalue weighted by atomic mass is 9.75. The fourth-order valence-corrected chi connectivity index (χ4v) is 2.95. The molecule has 1 aromatic carbocycles. The maximum Gasteiger partial charge on any atom is 0.303 e. The van der Waals surface area contributed by atoms with Crippen molar-refractivity contribution in [2.45, 2.75) is 44.9 Å². The Morgan fingerprint density at radius 3 is 2.43 bits per heavy atom. The first-order valence-corrected chi connectivity index (χ1v) is 7.77. The first kappa shape index (κ1) is 15.8. The van der Waals surface area contributed by atoms with Crippen molar-refractivity contribution in [2.75, 3.05) is 13.2 Å². The minimum atomic E-state index is -0.766. The molecule has 0 spiro atoms. The maximum absolute atomic E-state index is 10.5. The summed E-state index contributed by atoms with van der Waals surface area (Å²) in [5.41, 5.74) is 7.12. The predicted molar refractivity (Wildman–Crippen MR) is 82.5 cm³/mol. The van der Waals surface area contributed by atoms with Gasteiger partial charge in [0.15, 0.2) is 0 Å². The minimum absolute atomic E-state index is 0.139. The topological polar surface area (TPSA) is 72.5 Å². The molecule has 2 rings (SSSR count). The monoisotopic (exact) mass is 291 g/mol. The number of benzene rings is 1. The van der Waals surface area contributed by atoms with Crippen LogP contribution in [0.3, 0.4) is 0 Å². The third-order valence-electron chi connectivity index (χ3n) is 4.44. The van der Waals surface area contributed by atoms with E-state index in [9.17, 15) is 4.79 Å². The first-order chi connectivity index (χ1) is 10.1. The van der Waals surface area contributed by atoms with E-state index in [0.29, 0.717) is 19.6 Å². The van der Waals surface area contributed by atoms with E-state index in [1.807, 2.05) is 24.3 Å². The van der Waals surface area contributed by atoms with Crippen LogP contribution < -0.4 is 10.5 Å². The number of hydrogen-bond acceptors (Lipinski definition) is 3. The molecule has 0 bridgehead atoms. The van der Waals surface area contributed by atoms with Crippen LogP contribution in [0.15, 0.2) is 24.3 Å². The zero-order chi connectivity index (χ0) is 15.1. The smallest absolute Gasteiger partial charge is 0.303 e. The van der Waals surface area contributed by atoms with E-state index in [1.165, 1.54) is 19.3 Å². The van der Waals surface area contributed by atoms with Gasteiger partial charge < -0.3 is 15.6 Å². The second-order valence-corrected chi connectivity index (χ2v) is 6.09. The van der Waals surface area contributed by atoms with Gasteiger partial charge in [-0.05, 0) is 37.0 Å². The molecule has 116 valence electrons. The SMILES string of the molecule is NCC1(COc2ccc(CCC(=O)O)cc2)CCCCC1. The van der Waals surface area contributed by atoms with Crippen LogP contribution >= 0.6 is 0 Å². The highest BCUT2D eigenvalue weighted by molar-refractivity contribution is 5.67. The molecule has 4 nitrogen and oxygen atoms in total. The summed E-state index contributed by atoms with van der Waals surface area (Å²) in [6.45, 7) is 1.36. The fourth-order valence-electron chi connectivity index (χ4n) is 2.95. The lowest BCUT2D eigenvalue weighted by Crippen LogP contribution is -2.38. The molecule has 1 aromatic rings. The molecule has 3 N–H and O–H groups in total. The number of hydrogen-bond donors (Lipinski definition) is 2. The van der Waals surface area contributed by atoms with Gasteiger partial charge in [-0.1, -0.05) is 31.4 Å². The highest BCUT2D eigenvalue weighted by atomic mass is 16.5. The average Bonchev–Trinajstić information content (AvgIpc) is 2.53. The quantitative estimate of drug-likeness (QED) is 0.810. The van der Waals surface area contributed by atoms with Crippen molar-refractivity contribution in [3.63, 3.8) is 0 Å². The van der Waals surface area contributed by atoms with Crippen LogP contribution in [-0.2, 0) is 11.2 Å². The Balaban J connectivity index is 1.86. The van der Waals surface area contributed by atoms with E-state index < -0.39 is 5.97 Å². The Bertz CT molecular complexity index is 450. The van der Waals surface area contributed by atoms with E-state index >= 15 is 0 Å². The van der Waals surface area contributed by atoms with Crippen LogP contribution in [-0.4, -0.2) is 24.2 Å². The third-order valence-corrected chi connectivity index (χ3v) is 4.44. The molecular weight excluding hydrogens is 266 g/mol. The number of aryl methyl sites for hydroxylation is 1. The second-order valence-electron chi connectivity index (χ2n) is 6.09. The molecule has 21 heavy (non-hydrogen) atoms. The lowest BCUT2D eigenvalue weighted by molar-refractivity contribution is -0.136. The Kier molecular flexibility index (Phi) is 5.62. The summed E-state index contributed by atoms with van der Waals surface area (Å²) >= 11 is 0. The summed E-state index contributed by atoms with van der Waals surface area (Å²) in [6.07, 6.45) is 6.82. The molecule has 0 atom stereocenters. The summed E-state index contributed by atoms with van der Waals surface area (Å²) < 4.78 is 5.92. The minimum Gasteiger partial charge on any atom is -0.493 e. The molecule has 1 fully saturated rings. The average molecular weight is 291 g/mol. The molecule has 0 unspecified atom stereocenters. The fraction of sp³-hybridized carbons (Fsp3) is 0.588. The van der Waals surface area contributed by atoms with Crippen LogP contribution in [0.2, 0.25) is 0 Å². The molecule has 0 saturated heterocycles. The van der Waals surface area contributed by atoms with Gasteiger partial charge in [-0.2, -0.15) is 0 Å². The molecule has 0 aliphatic heterocycles. The summed E-state index contributed by atoms with van der Waals surface area (Å²) in [5, 5.41) is 8.68. The van der Waals surface area contributed by atoms with Crippen LogP contribution in [0.4, 0.5) is 0 Å². The maximum atomic E-state index is 10.5. The van der Waals surface area contributed by atoms with E-state index in [2.05, 4.69) is 0 Å². The van der Waals surface area contributed by atoms with Crippen molar-refractivity contribution in [3.05, 3.63) is 29.8 Å². The number of rotatable bonds is 7. The molecule has 1 saturated carbocycles. The van der Waals surface area contributed by atoms with Crippen molar-refractivity contribution >= 4 is 5.97 Å². The summed E-state index contributed by atoms with van der Waals surface area (Å²) in [5.74, 6) is 0.0741. The van der Waals surface area contributed by atoms with Gasteiger partial charge in [-0.15, -0.1) is 0 Å². The number of ether oxygens (including phenoxy) is 1. The van der Waals surface area contributed by atoms with Crippen molar-refractivity contribution in [3.8, 4) is 5.75 Å². The Hall–Kier alpha value is -1.55. The number of carboxylic acid groups (broad SMARTS) is 1. The summed E-state index contributed by atoms with van der Waals surface area (Å²) in [6, 6.07) is 7.72. The van der Waals surface area contributed by atoms with Crippen molar-refractivity contribution in [1.29, 1.82) is 0 Å². The number of aliphatic carboxylic acids is 1. The molecule has 0 heterocycles. The van der Waals surface area contributed by atoms with Crippen LogP contribution in [0.5, 0.6) is 5.75 Å². The lowest BCUT2D eigenvalue weighted by Gasteiger charge is -2.35. The van der Waals surface area contributed by atoms with Gasteiger partial charge in [0.25, 0.3) is 0 Å². The van der Waals surface area contributed by atoms with E-state index in [-0.39, 0.29) is 11.8 Å². The summed E-state index contributed by atoms with van der Waals surface area (Å²) in [7, 11) is 0. The van der Waals surface area contributed by atoms with E-state index in [1.54, 1.807) is 0 Å². The molecule has 0 radical (unpaired) electrons. The van der Waals surface area contributed by atoms with Gasteiger partial charge >= 0.3 is 5.97 Å². The predicted octanol–water partition coefficient (Wildman–Crippen LogP) is 2.99. The Morgan fingerprint density at radius 2 is 1.86 bits per heavy atom. The van der Waals surface area contributed by atoms with Gasteiger partial charge in [0.2, 0.25) is 0 Å². The molecular formula is C17H25NO3. The number of nitrogens with two attached hydrogens (primary N) is 1. The zero-order valence-corrected chi connectivity index (χ0v) is 12.5. The van der Waals surface area contributed by atoms with E-state index in [4.69, 9.17) is 15.6 Å². The van der Waals surface area contributed by atoms with Crippen molar-refractivity contribution in [2.24, 2.45) is 11.1 Å². The molecule has 0 amide bonds. The number of carboxylic acids is 1. The third kappa shape index (κ3) is 4.74. The van der Waals surface area contributed by atoms with Gasteiger partial charge in [0.1, 0.15) is 5.75 Å². The first-order valence-electron chi connectivity index (χ1n) is 7.77. The van der Waals surface area contributed by atoms with Crippen molar-refractivity contribution in [1.82, 2.24) is 0 Å². The van der Waals surface area contributed by atoms with Crippen LogP contribution in [0.1, 0.15) is 44.1 Å². The highest BCUT2D eigenvalue weighted by Crippen LogP contribution is 2.35. The summed E-state index contributed by atoms with van der Waals surface area (Å²) in [4.78, 5) is 10.5. The highest BCUT2D eigenvalue weighted by Gasteiger charge is 2.31. The normalized spacial score (nSPS) is 17.4. The van der Waals surface area contributed by atoms with Crippen LogP contribution in [0.25, 0.3) is 0 Å². The van der Waals surface area contributed by atoms with Gasteiger partial charge in [-0.3, -0.25) is 4.79 Å². The van der Waals surface area contributed by atoms with Gasteiger partial charge in [-0.25, -0.2) is 0 Å². The Labute approximate surface area is 126 Å². The zero-order valence-electron chi connectivity index (χ0n) is 12.5. The van der Waals surface area contributed by atoms with Crippen LogP contribution in [0, 0.1) is 5.41 Å². The van der Waals surface area contributed by atoms with E-state index in [0.717, 1.165) is 24.2 Å². The van der Waals surface area contributed by atoms with Gasteiger partial charge in [0.05, 0.1) is 6.61 Å². The molecule has 4 heteroatoms. The Morgan fingerprint density at radius 1 is 1.19 bits per heavy atom. The molecule has 1 aliphatic carbocycles. The standard InChI is InChI=1S/C17H25NO3/c18-12-17(10-2-1-3-11-17)13-21-15-7-4-14(5-8-15)6-9-16(19)20/h4-5,7-8H,1-3,6,9-13,18H2,(H,19,20). The van der Waals surface area contributed by atoms with Crippen molar-refractivity contribution < 1.29 is 14.6 Å². The second kappa shape index (κ2) is 7.46. The number of carbonyl (C=O) groups is 1. The molecule has 1 aliphatic rings. The molecule has 0 aromatic heterocycles. The largest absolute Gasteiger partial charge is 0.493 e. The van der Waals surface area contributed by atoms with Gasteiger partial charge in [0, 0.05) is 18.4 Å².